The number of nitrogens with zero attached hydrogens (tertiary/aromatic N) is 3. The molecule has 3 aromatic rings. The van der Waals surface area contributed by atoms with Gasteiger partial charge in [0.1, 0.15) is 0 Å². The van der Waals surface area contributed by atoms with E-state index in [0.717, 1.165) is 31.4 Å². The van der Waals surface area contributed by atoms with Gasteiger partial charge in [0.15, 0.2) is 0 Å². The van der Waals surface area contributed by atoms with Crippen LogP contribution in [0.4, 0.5) is 0 Å². The lowest BCUT2D eigenvalue weighted by Crippen LogP contribution is -2.29. The van der Waals surface area contributed by atoms with Gasteiger partial charge in [-0.25, -0.2) is 9.97 Å². The molecule has 0 saturated carbocycles. The Bertz CT molecular complexity index is 641. The maximum atomic E-state index is 4.69. The van der Waals surface area contributed by atoms with E-state index in [4.69, 9.17) is 0 Å². The lowest BCUT2D eigenvalue weighted by atomic mass is 10.2. The summed E-state index contributed by atoms with van der Waals surface area (Å²) in [6.07, 6.45) is 7.79. The second-order valence-corrected chi connectivity index (χ2v) is 6.40. The van der Waals surface area contributed by atoms with Crippen LogP contribution in [0.5, 0.6) is 0 Å². The molecule has 3 rings (SSSR count). The molecule has 1 unspecified atom stereocenters. The average molecular weight is 300 g/mol. The predicted octanol–water partition coefficient (Wildman–Crippen LogP) is 3.10. The molecular formula is C16H20N4S. The number of para-hydroxylation sites is 1. The minimum absolute atomic E-state index is 0.452. The number of rotatable bonds is 7. The fourth-order valence-corrected chi connectivity index (χ4v) is 3.47. The van der Waals surface area contributed by atoms with Gasteiger partial charge in [0, 0.05) is 31.4 Å². The van der Waals surface area contributed by atoms with Crippen LogP contribution in [0.2, 0.25) is 0 Å². The maximum Gasteiger partial charge on any atom is 0.0954 e. The van der Waals surface area contributed by atoms with E-state index in [1.54, 1.807) is 11.3 Å². The van der Waals surface area contributed by atoms with E-state index >= 15 is 0 Å². The van der Waals surface area contributed by atoms with E-state index < -0.39 is 0 Å². The van der Waals surface area contributed by atoms with Crippen LogP contribution in [0.25, 0.3) is 10.2 Å². The molecule has 0 saturated heterocycles. The number of benzene rings is 1. The summed E-state index contributed by atoms with van der Waals surface area (Å²) in [4.78, 5) is 8.74. The average Bonchev–Trinajstić information content (AvgIpc) is 3.12. The Morgan fingerprint density at radius 1 is 1.33 bits per heavy atom. The zero-order valence-corrected chi connectivity index (χ0v) is 13.0. The Balaban J connectivity index is 1.44. The van der Waals surface area contributed by atoms with Crippen LogP contribution in [0.15, 0.2) is 43.0 Å². The van der Waals surface area contributed by atoms with Crippen molar-refractivity contribution in [1.82, 2.24) is 19.9 Å². The van der Waals surface area contributed by atoms with Gasteiger partial charge in [0.2, 0.25) is 0 Å². The fourth-order valence-electron chi connectivity index (χ4n) is 2.37. The van der Waals surface area contributed by atoms with E-state index in [9.17, 15) is 0 Å². The van der Waals surface area contributed by atoms with Crippen molar-refractivity contribution >= 4 is 21.6 Å². The molecule has 0 aliphatic carbocycles. The number of fused-ring (bicyclic) bond motifs is 1. The second-order valence-electron chi connectivity index (χ2n) is 5.29. The first-order chi connectivity index (χ1) is 10.3. The number of aryl methyl sites for hydroxylation is 1. The predicted molar refractivity (Wildman–Crippen MR) is 87.6 cm³/mol. The van der Waals surface area contributed by atoms with Crippen LogP contribution >= 0.6 is 11.3 Å². The fraction of sp³-hybridized carbons (Fsp3) is 0.375. The molecule has 5 heteroatoms. The molecule has 4 nitrogen and oxygen atoms in total. The van der Waals surface area contributed by atoms with Gasteiger partial charge in [-0.05, 0) is 32.0 Å². The number of hydrogen-bond acceptors (Lipinski definition) is 4. The largest absolute Gasteiger partial charge is 0.337 e. The first-order valence-electron chi connectivity index (χ1n) is 7.35. The number of aromatic nitrogens is 3. The molecule has 110 valence electrons. The minimum Gasteiger partial charge on any atom is -0.337 e. The third-order valence-corrected chi connectivity index (χ3v) is 4.52. The molecular weight excluding hydrogens is 280 g/mol. The summed E-state index contributed by atoms with van der Waals surface area (Å²) in [6, 6.07) is 8.79. The minimum atomic E-state index is 0.452. The standard InChI is InChI=1S/C16H20N4S/c1-13(18-7-4-9-20-10-8-17-12-20)11-16-19-14-5-2-3-6-15(14)21-16/h2-3,5-6,8,10,12-13,18H,4,7,9,11H2,1H3. The van der Waals surface area contributed by atoms with Gasteiger partial charge in [-0.2, -0.15) is 0 Å². The van der Waals surface area contributed by atoms with Crippen molar-refractivity contribution in [3.63, 3.8) is 0 Å². The van der Waals surface area contributed by atoms with Gasteiger partial charge in [-0.15, -0.1) is 11.3 Å². The van der Waals surface area contributed by atoms with Gasteiger partial charge >= 0.3 is 0 Å². The first kappa shape index (κ1) is 14.2. The molecule has 0 bridgehead atoms. The summed E-state index contributed by atoms with van der Waals surface area (Å²) in [5.41, 5.74) is 1.12. The Morgan fingerprint density at radius 2 is 2.24 bits per heavy atom. The van der Waals surface area contributed by atoms with Crippen LogP contribution in [0, 0.1) is 0 Å². The molecule has 0 aliphatic rings. The Kier molecular flexibility index (Phi) is 4.62. The van der Waals surface area contributed by atoms with E-state index in [2.05, 4.69) is 45.0 Å². The monoisotopic (exact) mass is 300 g/mol. The summed E-state index contributed by atoms with van der Waals surface area (Å²) in [5, 5.41) is 4.78. The smallest absolute Gasteiger partial charge is 0.0954 e. The third-order valence-electron chi connectivity index (χ3n) is 3.46. The quantitative estimate of drug-likeness (QED) is 0.682. The van der Waals surface area contributed by atoms with Crippen molar-refractivity contribution in [2.24, 2.45) is 0 Å². The van der Waals surface area contributed by atoms with Gasteiger partial charge in [-0.1, -0.05) is 12.1 Å². The molecule has 0 fully saturated rings. The van der Waals surface area contributed by atoms with Gasteiger partial charge in [0.05, 0.1) is 21.6 Å². The molecule has 0 aliphatic heterocycles. The lowest BCUT2D eigenvalue weighted by Gasteiger charge is -2.12. The van der Waals surface area contributed by atoms with E-state index in [1.807, 2.05) is 24.8 Å². The summed E-state index contributed by atoms with van der Waals surface area (Å²) in [5.74, 6) is 0. The van der Waals surface area contributed by atoms with E-state index in [-0.39, 0.29) is 0 Å². The van der Waals surface area contributed by atoms with Gasteiger partial charge < -0.3 is 9.88 Å². The van der Waals surface area contributed by atoms with Gasteiger partial charge in [-0.3, -0.25) is 0 Å². The Morgan fingerprint density at radius 3 is 3.05 bits per heavy atom. The highest BCUT2D eigenvalue weighted by molar-refractivity contribution is 7.18. The molecule has 0 radical (unpaired) electrons. The highest BCUT2D eigenvalue weighted by Crippen LogP contribution is 2.22. The highest BCUT2D eigenvalue weighted by Gasteiger charge is 2.07. The number of thiazole rings is 1. The Labute approximate surface area is 128 Å². The van der Waals surface area contributed by atoms with Crippen LogP contribution in [0.1, 0.15) is 18.4 Å². The zero-order valence-electron chi connectivity index (χ0n) is 12.2. The second kappa shape index (κ2) is 6.83. The normalized spacial score (nSPS) is 12.8. The molecule has 2 heterocycles. The molecule has 0 amide bonds. The number of hydrogen-bond donors (Lipinski definition) is 1. The molecule has 21 heavy (non-hydrogen) atoms. The molecule has 1 N–H and O–H groups in total. The van der Waals surface area contributed by atoms with Crippen LogP contribution in [-0.4, -0.2) is 27.1 Å². The van der Waals surface area contributed by atoms with Crippen molar-refractivity contribution in [3.8, 4) is 0 Å². The Hall–Kier alpha value is -1.72. The van der Waals surface area contributed by atoms with Crippen LogP contribution < -0.4 is 5.32 Å². The van der Waals surface area contributed by atoms with Crippen molar-refractivity contribution in [3.05, 3.63) is 48.0 Å². The van der Waals surface area contributed by atoms with Crippen molar-refractivity contribution in [2.45, 2.75) is 32.4 Å². The van der Waals surface area contributed by atoms with E-state index in [0.29, 0.717) is 6.04 Å². The van der Waals surface area contributed by atoms with Crippen LogP contribution in [0.3, 0.4) is 0 Å². The summed E-state index contributed by atoms with van der Waals surface area (Å²) >= 11 is 1.80. The molecule has 2 aromatic heterocycles. The van der Waals surface area contributed by atoms with Crippen molar-refractivity contribution < 1.29 is 0 Å². The van der Waals surface area contributed by atoms with Crippen molar-refractivity contribution in [2.75, 3.05) is 6.54 Å². The van der Waals surface area contributed by atoms with Gasteiger partial charge in [0.25, 0.3) is 0 Å². The van der Waals surface area contributed by atoms with Crippen molar-refractivity contribution in [1.29, 1.82) is 0 Å². The summed E-state index contributed by atoms with van der Waals surface area (Å²) < 4.78 is 3.39. The zero-order chi connectivity index (χ0) is 14.5. The highest BCUT2D eigenvalue weighted by atomic mass is 32.1. The summed E-state index contributed by atoms with van der Waals surface area (Å²) in [6.45, 7) is 4.26. The number of nitrogens with one attached hydrogen (secondary N) is 1. The molecule has 1 atom stereocenters. The first-order valence-corrected chi connectivity index (χ1v) is 8.16. The third kappa shape index (κ3) is 3.89. The molecule has 1 aromatic carbocycles. The summed E-state index contributed by atoms with van der Waals surface area (Å²) in [7, 11) is 0. The van der Waals surface area contributed by atoms with E-state index in [1.165, 1.54) is 9.71 Å². The number of imidazole rings is 1. The maximum absolute atomic E-state index is 4.69. The topological polar surface area (TPSA) is 42.7 Å². The lowest BCUT2D eigenvalue weighted by molar-refractivity contribution is 0.509. The SMILES string of the molecule is CC(Cc1nc2ccccc2s1)NCCCn1ccnc1. The molecule has 0 spiro atoms. The van der Waals surface area contributed by atoms with Crippen LogP contribution in [-0.2, 0) is 13.0 Å².